The number of rotatable bonds is 1. The Morgan fingerprint density at radius 3 is 2.54 bits per heavy atom. The van der Waals surface area contributed by atoms with Gasteiger partial charge in [0.2, 0.25) is 0 Å². The van der Waals surface area contributed by atoms with Gasteiger partial charge < -0.3 is 0 Å². The Balaban J connectivity index is 3.13. The Morgan fingerprint density at radius 2 is 2.08 bits per heavy atom. The fraction of sp³-hybridized carbons (Fsp3) is 0.286. The molecule has 3 nitrogen and oxygen atoms in total. The second kappa shape index (κ2) is 3.12. The molecule has 0 aromatic carbocycles. The SMILES string of the molecule is CC(=O)c1nccc(C(F)(F)F)n1. The number of alkyl halides is 3. The number of hydrogen-bond donors (Lipinski definition) is 0. The van der Waals surface area contributed by atoms with E-state index in [1.54, 1.807) is 0 Å². The van der Waals surface area contributed by atoms with Crippen LogP contribution in [0.2, 0.25) is 0 Å². The summed E-state index contributed by atoms with van der Waals surface area (Å²) >= 11 is 0. The molecular formula is C7H5F3N2O. The topological polar surface area (TPSA) is 42.9 Å². The van der Waals surface area contributed by atoms with Crippen molar-refractivity contribution >= 4 is 5.78 Å². The lowest BCUT2D eigenvalue weighted by molar-refractivity contribution is -0.141. The Hall–Kier alpha value is -1.46. The quantitative estimate of drug-likeness (QED) is 0.633. The van der Waals surface area contributed by atoms with Gasteiger partial charge >= 0.3 is 6.18 Å². The van der Waals surface area contributed by atoms with E-state index in [1.165, 1.54) is 0 Å². The highest BCUT2D eigenvalue weighted by Gasteiger charge is 2.32. The zero-order valence-corrected chi connectivity index (χ0v) is 6.59. The van der Waals surface area contributed by atoms with Crippen LogP contribution < -0.4 is 0 Å². The highest BCUT2D eigenvalue weighted by atomic mass is 19.4. The van der Waals surface area contributed by atoms with E-state index in [9.17, 15) is 18.0 Å². The predicted octanol–water partition coefficient (Wildman–Crippen LogP) is 1.70. The van der Waals surface area contributed by atoms with Gasteiger partial charge in [0.15, 0.2) is 11.6 Å². The van der Waals surface area contributed by atoms with Gasteiger partial charge in [0.1, 0.15) is 5.69 Å². The van der Waals surface area contributed by atoms with Crippen LogP contribution in [0.3, 0.4) is 0 Å². The fourth-order valence-corrected chi connectivity index (χ4v) is 0.686. The number of carbonyl (C=O) groups excluding carboxylic acids is 1. The monoisotopic (exact) mass is 190 g/mol. The molecule has 0 aliphatic heterocycles. The van der Waals surface area contributed by atoms with Crippen LogP contribution in [-0.4, -0.2) is 15.8 Å². The number of halogens is 3. The van der Waals surface area contributed by atoms with Crippen molar-refractivity contribution in [2.24, 2.45) is 0 Å². The zero-order valence-electron chi connectivity index (χ0n) is 6.59. The Labute approximate surface area is 71.6 Å². The molecule has 0 N–H and O–H groups in total. The van der Waals surface area contributed by atoms with Crippen LogP contribution in [-0.2, 0) is 6.18 Å². The molecule has 0 spiro atoms. The van der Waals surface area contributed by atoms with Crippen molar-refractivity contribution in [3.8, 4) is 0 Å². The molecule has 0 bridgehead atoms. The summed E-state index contributed by atoms with van der Waals surface area (Å²) in [6.07, 6.45) is -3.63. The maximum absolute atomic E-state index is 12.0. The molecule has 1 rings (SSSR count). The van der Waals surface area contributed by atoms with Gasteiger partial charge in [-0.3, -0.25) is 4.79 Å². The molecule has 6 heteroatoms. The smallest absolute Gasteiger partial charge is 0.291 e. The number of nitrogens with zero attached hydrogens (tertiary/aromatic N) is 2. The molecule has 1 aromatic heterocycles. The van der Waals surface area contributed by atoms with E-state index in [1.807, 2.05) is 0 Å². The summed E-state index contributed by atoms with van der Waals surface area (Å²) in [5.41, 5.74) is -1.10. The van der Waals surface area contributed by atoms with Crippen molar-refractivity contribution in [2.45, 2.75) is 13.1 Å². The number of hydrogen-bond acceptors (Lipinski definition) is 3. The number of Topliss-reactive ketones (excluding diaryl/α,β-unsaturated/α-hetero) is 1. The summed E-state index contributed by atoms with van der Waals surface area (Å²) in [5.74, 6) is -1.01. The molecular weight excluding hydrogens is 185 g/mol. The summed E-state index contributed by atoms with van der Waals surface area (Å²) in [5, 5.41) is 0. The predicted molar refractivity (Wildman–Crippen MR) is 37.0 cm³/mol. The van der Waals surface area contributed by atoms with Crippen LogP contribution in [0.5, 0.6) is 0 Å². The second-order valence-corrected chi connectivity index (χ2v) is 2.32. The molecule has 1 aromatic rings. The highest BCUT2D eigenvalue weighted by Crippen LogP contribution is 2.26. The van der Waals surface area contributed by atoms with Crippen LogP contribution in [0.4, 0.5) is 13.2 Å². The van der Waals surface area contributed by atoms with Gasteiger partial charge in [0, 0.05) is 13.1 Å². The lowest BCUT2D eigenvalue weighted by Gasteiger charge is -2.04. The van der Waals surface area contributed by atoms with Crippen molar-refractivity contribution in [1.82, 2.24) is 9.97 Å². The summed E-state index contributed by atoms with van der Waals surface area (Å²) in [4.78, 5) is 17.1. The van der Waals surface area contributed by atoms with Crippen LogP contribution in [0.25, 0.3) is 0 Å². The van der Waals surface area contributed by atoms with Gasteiger partial charge in [0.25, 0.3) is 0 Å². The first kappa shape index (κ1) is 9.63. The molecule has 0 saturated carbocycles. The van der Waals surface area contributed by atoms with E-state index in [0.29, 0.717) is 6.07 Å². The van der Waals surface area contributed by atoms with Gasteiger partial charge in [-0.1, -0.05) is 0 Å². The van der Waals surface area contributed by atoms with E-state index in [0.717, 1.165) is 13.1 Å². The Morgan fingerprint density at radius 1 is 1.46 bits per heavy atom. The summed E-state index contributed by atoms with van der Waals surface area (Å²) in [7, 11) is 0. The lowest BCUT2D eigenvalue weighted by Crippen LogP contribution is -2.12. The normalized spacial score (nSPS) is 11.4. The van der Waals surface area contributed by atoms with Crippen molar-refractivity contribution < 1.29 is 18.0 Å². The average molecular weight is 190 g/mol. The summed E-state index contributed by atoms with van der Waals surface area (Å²) in [6, 6.07) is 0.715. The molecule has 13 heavy (non-hydrogen) atoms. The van der Waals surface area contributed by atoms with Crippen LogP contribution in [0.1, 0.15) is 23.2 Å². The van der Waals surface area contributed by atoms with E-state index in [4.69, 9.17) is 0 Å². The average Bonchev–Trinajstić information content (AvgIpc) is 2.03. The minimum Gasteiger partial charge on any atom is -0.291 e. The van der Waals surface area contributed by atoms with Crippen molar-refractivity contribution in [2.75, 3.05) is 0 Å². The van der Waals surface area contributed by atoms with Gasteiger partial charge in [-0.2, -0.15) is 13.2 Å². The van der Waals surface area contributed by atoms with E-state index in [2.05, 4.69) is 9.97 Å². The third-order valence-electron chi connectivity index (χ3n) is 1.26. The minimum atomic E-state index is -4.53. The highest BCUT2D eigenvalue weighted by molar-refractivity contribution is 5.90. The van der Waals surface area contributed by atoms with Crippen molar-refractivity contribution in [3.05, 3.63) is 23.8 Å². The van der Waals surface area contributed by atoms with Gasteiger partial charge in [-0.15, -0.1) is 0 Å². The fourth-order valence-electron chi connectivity index (χ4n) is 0.686. The van der Waals surface area contributed by atoms with E-state index < -0.39 is 23.5 Å². The molecule has 0 atom stereocenters. The van der Waals surface area contributed by atoms with E-state index >= 15 is 0 Å². The van der Waals surface area contributed by atoms with Gasteiger partial charge in [-0.05, 0) is 6.07 Å². The van der Waals surface area contributed by atoms with Crippen LogP contribution in [0, 0.1) is 0 Å². The maximum atomic E-state index is 12.0. The van der Waals surface area contributed by atoms with Crippen LogP contribution in [0.15, 0.2) is 12.3 Å². The third-order valence-corrected chi connectivity index (χ3v) is 1.26. The second-order valence-electron chi connectivity index (χ2n) is 2.32. The summed E-state index contributed by atoms with van der Waals surface area (Å²) in [6.45, 7) is 1.11. The molecule has 0 aliphatic carbocycles. The van der Waals surface area contributed by atoms with Crippen molar-refractivity contribution in [3.63, 3.8) is 0 Å². The molecule has 0 radical (unpaired) electrons. The molecule has 0 saturated heterocycles. The minimum absolute atomic E-state index is 0.421. The first-order valence-electron chi connectivity index (χ1n) is 3.32. The lowest BCUT2D eigenvalue weighted by atomic mass is 10.3. The summed E-state index contributed by atoms with van der Waals surface area (Å²) < 4.78 is 36.1. The molecule has 0 fully saturated rings. The largest absolute Gasteiger partial charge is 0.433 e. The molecule has 70 valence electrons. The van der Waals surface area contributed by atoms with Gasteiger partial charge in [0.05, 0.1) is 0 Å². The first-order chi connectivity index (χ1) is 5.91. The maximum Gasteiger partial charge on any atom is 0.433 e. The molecule has 1 heterocycles. The number of carbonyl (C=O) groups is 1. The standard InChI is InChI=1S/C7H5F3N2O/c1-4(13)6-11-3-2-5(12-6)7(8,9)10/h2-3H,1H3. The van der Waals surface area contributed by atoms with Crippen LogP contribution >= 0.6 is 0 Å². The van der Waals surface area contributed by atoms with E-state index in [-0.39, 0.29) is 0 Å². The zero-order chi connectivity index (χ0) is 10.1. The third kappa shape index (κ3) is 2.24. The number of aromatic nitrogens is 2. The first-order valence-corrected chi connectivity index (χ1v) is 3.32. The van der Waals surface area contributed by atoms with Gasteiger partial charge in [-0.25, -0.2) is 9.97 Å². The molecule has 0 aliphatic rings. The Kier molecular flexibility index (Phi) is 2.31. The molecule has 0 amide bonds. The number of ketones is 1. The Bertz CT molecular complexity index is 335. The molecule has 0 unspecified atom stereocenters. The van der Waals surface area contributed by atoms with Crippen molar-refractivity contribution in [1.29, 1.82) is 0 Å².